The molecule has 0 radical (unpaired) electrons. The number of rotatable bonds is 6. The van der Waals surface area contributed by atoms with E-state index in [1.807, 2.05) is 38.1 Å². The molecule has 2 aromatic carbocycles. The third kappa shape index (κ3) is 5.33. The standard InChI is InChI=1S/C28H33N3O5S/c1-27(2,3)23-16-19(31-13-12-24(32)29-26(31)33)15-21(25(23)36-6)18-8-10-20-17(14-18)9-11-22(20)28(4,5)30-37(7,34)35/h8,10-16,30H,9H2,1-7H3,(H,29,32,33). The summed E-state index contributed by atoms with van der Waals surface area (Å²) in [5, 5.41) is 0. The predicted molar refractivity (Wildman–Crippen MR) is 147 cm³/mol. The highest BCUT2D eigenvalue weighted by atomic mass is 32.2. The first kappa shape index (κ1) is 26.6. The zero-order valence-electron chi connectivity index (χ0n) is 22.2. The molecule has 4 rings (SSSR count). The maximum absolute atomic E-state index is 12.6. The molecule has 0 saturated carbocycles. The molecule has 1 heterocycles. The van der Waals surface area contributed by atoms with Crippen LogP contribution in [0.15, 0.2) is 58.3 Å². The fourth-order valence-corrected chi connectivity index (χ4v) is 6.03. The summed E-state index contributed by atoms with van der Waals surface area (Å²) in [7, 11) is -1.76. The Labute approximate surface area is 217 Å². The van der Waals surface area contributed by atoms with Gasteiger partial charge in [0.1, 0.15) is 5.75 Å². The minimum Gasteiger partial charge on any atom is -0.496 e. The minimum absolute atomic E-state index is 0.297. The summed E-state index contributed by atoms with van der Waals surface area (Å²) >= 11 is 0. The second-order valence-corrected chi connectivity index (χ2v) is 12.7. The molecule has 9 heteroatoms. The van der Waals surface area contributed by atoms with Crippen molar-refractivity contribution in [2.45, 2.75) is 52.0 Å². The Morgan fingerprint density at radius 1 is 1.00 bits per heavy atom. The zero-order valence-corrected chi connectivity index (χ0v) is 23.0. The molecule has 0 unspecified atom stereocenters. The second-order valence-electron chi connectivity index (χ2n) is 11.0. The van der Waals surface area contributed by atoms with Crippen molar-refractivity contribution in [3.63, 3.8) is 0 Å². The van der Waals surface area contributed by atoms with E-state index in [1.165, 1.54) is 16.8 Å². The molecule has 0 aliphatic heterocycles. The van der Waals surface area contributed by atoms with E-state index in [0.717, 1.165) is 39.6 Å². The van der Waals surface area contributed by atoms with Crippen molar-refractivity contribution >= 4 is 15.6 Å². The highest BCUT2D eigenvalue weighted by Crippen LogP contribution is 2.43. The molecular formula is C28H33N3O5S. The summed E-state index contributed by atoms with van der Waals surface area (Å²) in [5.74, 6) is 0.707. The number of H-pyrrole nitrogens is 1. The predicted octanol–water partition coefficient (Wildman–Crippen LogP) is 3.77. The van der Waals surface area contributed by atoms with Crippen LogP contribution < -0.4 is 20.7 Å². The van der Waals surface area contributed by atoms with Crippen molar-refractivity contribution in [3.05, 3.63) is 86.2 Å². The minimum atomic E-state index is -3.40. The van der Waals surface area contributed by atoms with Crippen LogP contribution in [0.1, 0.15) is 51.3 Å². The SMILES string of the molecule is COc1c(-c2ccc3c(c2)CC=C3C(C)(C)NS(C)(=O)=O)cc(-n2ccc(=O)[nH]c2=O)cc1C(C)(C)C. The molecular weight excluding hydrogens is 490 g/mol. The van der Waals surface area contributed by atoms with E-state index < -0.39 is 26.8 Å². The van der Waals surface area contributed by atoms with Crippen molar-refractivity contribution in [2.75, 3.05) is 13.4 Å². The number of methoxy groups -OCH3 is 1. The van der Waals surface area contributed by atoms with Crippen LogP contribution in [-0.4, -0.2) is 36.9 Å². The largest absolute Gasteiger partial charge is 0.496 e. The first-order valence-electron chi connectivity index (χ1n) is 12.0. The van der Waals surface area contributed by atoms with Crippen molar-refractivity contribution in [2.24, 2.45) is 0 Å². The number of ether oxygens (including phenoxy) is 1. The summed E-state index contributed by atoms with van der Waals surface area (Å²) in [4.78, 5) is 26.6. The van der Waals surface area contributed by atoms with E-state index in [9.17, 15) is 18.0 Å². The van der Waals surface area contributed by atoms with Gasteiger partial charge < -0.3 is 4.74 Å². The van der Waals surface area contributed by atoms with Crippen LogP contribution in [0.2, 0.25) is 0 Å². The molecule has 0 bridgehead atoms. The van der Waals surface area contributed by atoms with Gasteiger partial charge in [0.25, 0.3) is 5.56 Å². The molecule has 0 fully saturated rings. The van der Waals surface area contributed by atoms with Gasteiger partial charge >= 0.3 is 5.69 Å². The van der Waals surface area contributed by atoms with Gasteiger partial charge in [-0.15, -0.1) is 0 Å². The Morgan fingerprint density at radius 2 is 1.70 bits per heavy atom. The van der Waals surface area contributed by atoms with Crippen molar-refractivity contribution < 1.29 is 13.2 Å². The van der Waals surface area contributed by atoms with E-state index >= 15 is 0 Å². The number of nitrogens with zero attached hydrogens (tertiary/aromatic N) is 1. The Hall–Kier alpha value is -3.43. The number of aromatic amines is 1. The van der Waals surface area contributed by atoms with Gasteiger partial charge in [0.15, 0.2) is 0 Å². The van der Waals surface area contributed by atoms with Gasteiger partial charge in [-0.05, 0) is 60.1 Å². The molecule has 0 spiro atoms. The summed E-state index contributed by atoms with van der Waals surface area (Å²) in [6.45, 7) is 9.93. The average Bonchev–Trinajstić information content (AvgIpc) is 3.20. The van der Waals surface area contributed by atoms with E-state index in [-0.39, 0.29) is 5.41 Å². The number of sulfonamides is 1. The zero-order chi connectivity index (χ0) is 27.3. The average molecular weight is 524 g/mol. The van der Waals surface area contributed by atoms with Gasteiger partial charge in [-0.3, -0.25) is 14.3 Å². The van der Waals surface area contributed by atoms with E-state index in [4.69, 9.17) is 4.74 Å². The maximum Gasteiger partial charge on any atom is 0.332 e. The smallest absolute Gasteiger partial charge is 0.332 e. The van der Waals surface area contributed by atoms with Crippen LogP contribution in [0, 0.1) is 0 Å². The third-order valence-corrected chi connectivity index (χ3v) is 7.42. The normalized spacial score (nSPS) is 13.9. The van der Waals surface area contributed by atoms with Gasteiger partial charge in [0.05, 0.1) is 24.6 Å². The molecule has 8 nitrogen and oxygen atoms in total. The van der Waals surface area contributed by atoms with Crippen molar-refractivity contribution in [1.29, 1.82) is 0 Å². The van der Waals surface area contributed by atoms with Gasteiger partial charge in [0.2, 0.25) is 10.0 Å². The van der Waals surface area contributed by atoms with Crippen LogP contribution in [0.25, 0.3) is 22.4 Å². The highest BCUT2D eigenvalue weighted by molar-refractivity contribution is 7.88. The van der Waals surface area contributed by atoms with E-state index in [2.05, 4.69) is 42.6 Å². The summed E-state index contributed by atoms with van der Waals surface area (Å²) in [6, 6.07) is 11.2. The molecule has 37 heavy (non-hydrogen) atoms. The topological polar surface area (TPSA) is 110 Å². The van der Waals surface area contributed by atoms with Crippen LogP contribution >= 0.6 is 0 Å². The quantitative estimate of drug-likeness (QED) is 0.511. The third-order valence-electron chi connectivity index (χ3n) is 6.53. The van der Waals surface area contributed by atoms with E-state index in [1.54, 1.807) is 7.11 Å². The molecule has 0 atom stereocenters. The molecule has 0 amide bonds. The number of fused-ring (bicyclic) bond motifs is 1. The number of hydrogen-bond acceptors (Lipinski definition) is 5. The lowest BCUT2D eigenvalue weighted by atomic mass is 9.83. The lowest BCUT2D eigenvalue weighted by molar-refractivity contribution is 0.399. The maximum atomic E-state index is 12.6. The first-order chi connectivity index (χ1) is 17.1. The summed E-state index contributed by atoms with van der Waals surface area (Å²) in [6.07, 6.45) is 5.35. The van der Waals surface area contributed by atoms with E-state index in [0.29, 0.717) is 17.9 Å². The van der Waals surface area contributed by atoms with Gasteiger partial charge in [-0.25, -0.2) is 17.9 Å². The van der Waals surface area contributed by atoms with Crippen LogP contribution in [0.3, 0.4) is 0 Å². The molecule has 1 aliphatic carbocycles. The van der Waals surface area contributed by atoms with Gasteiger partial charge in [0, 0.05) is 23.4 Å². The number of nitrogens with one attached hydrogen (secondary N) is 2. The van der Waals surface area contributed by atoms with Gasteiger partial charge in [-0.1, -0.05) is 45.0 Å². The fourth-order valence-electron chi connectivity index (χ4n) is 4.99. The lowest BCUT2D eigenvalue weighted by Crippen LogP contribution is -2.43. The Bertz CT molecular complexity index is 1640. The van der Waals surface area contributed by atoms with Crippen LogP contribution in [-0.2, 0) is 21.9 Å². The fraction of sp³-hybridized carbons (Fsp3) is 0.357. The van der Waals surface area contributed by atoms with Crippen LogP contribution in [0.4, 0.5) is 0 Å². The molecule has 0 saturated heterocycles. The van der Waals surface area contributed by atoms with Crippen molar-refractivity contribution in [3.8, 4) is 22.6 Å². The van der Waals surface area contributed by atoms with Crippen LogP contribution in [0.5, 0.6) is 5.75 Å². The Balaban J connectivity index is 1.89. The summed E-state index contributed by atoms with van der Waals surface area (Å²) in [5.41, 5.74) is 4.20. The monoisotopic (exact) mass is 523 g/mol. The number of allylic oxidation sites excluding steroid dienone is 1. The molecule has 1 aliphatic rings. The number of benzene rings is 2. The number of hydrogen-bond donors (Lipinski definition) is 2. The molecule has 1 aromatic heterocycles. The summed E-state index contributed by atoms with van der Waals surface area (Å²) < 4.78 is 33.9. The number of aromatic nitrogens is 2. The molecule has 2 N–H and O–H groups in total. The Kier molecular flexibility index (Phi) is 6.58. The Morgan fingerprint density at radius 3 is 2.30 bits per heavy atom. The highest BCUT2D eigenvalue weighted by Gasteiger charge is 2.32. The second kappa shape index (κ2) is 9.15. The lowest BCUT2D eigenvalue weighted by Gasteiger charge is -2.28. The molecule has 196 valence electrons. The first-order valence-corrected chi connectivity index (χ1v) is 13.9. The van der Waals surface area contributed by atoms with Gasteiger partial charge in [-0.2, -0.15) is 0 Å². The molecule has 3 aromatic rings. The van der Waals surface area contributed by atoms with Crippen molar-refractivity contribution in [1.82, 2.24) is 14.3 Å².